The topological polar surface area (TPSA) is 94.2 Å². The lowest BCUT2D eigenvalue weighted by Crippen LogP contribution is -2.61. The SMILES string of the molecule is O=C(c1ccc([N+](=O)[O-])cc1)N1c2ncnn2C2(CCCCC2)[C@@H]2CCCC[C@@H]21. The summed E-state index contributed by atoms with van der Waals surface area (Å²) in [5.74, 6) is 0.878. The van der Waals surface area contributed by atoms with E-state index in [1.54, 1.807) is 18.5 Å². The van der Waals surface area contributed by atoms with Crippen LogP contribution in [0.5, 0.6) is 0 Å². The minimum Gasteiger partial charge on any atom is -0.273 e. The minimum absolute atomic E-state index is 0.0138. The van der Waals surface area contributed by atoms with E-state index in [9.17, 15) is 14.9 Å². The van der Waals surface area contributed by atoms with Crippen LogP contribution in [0.25, 0.3) is 0 Å². The number of nitrogens with zero attached hydrogens (tertiary/aromatic N) is 5. The van der Waals surface area contributed by atoms with Gasteiger partial charge in [0.25, 0.3) is 11.6 Å². The summed E-state index contributed by atoms with van der Waals surface area (Å²) in [6, 6.07) is 5.99. The number of benzene rings is 1. The molecule has 2 aromatic rings. The summed E-state index contributed by atoms with van der Waals surface area (Å²) in [6.45, 7) is 0. The van der Waals surface area contributed by atoms with Crippen molar-refractivity contribution in [1.82, 2.24) is 14.8 Å². The first-order chi connectivity index (χ1) is 14.1. The van der Waals surface area contributed by atoms with Crippen molar-refractivity contribution in [3.05, 3.63) is 46.3 Å². The average molecular weight is 395 g/mol. The van der Waals surface area contributed by atoms with Crippen LogP contribution in [-0.4, -0.2) is 31.6 Å². The molecule has 2 heterocycles. The number of nitro groups is 1. The van der Waals surface area contributed by atoms with E-state index in [0.29, 0.717) is 17.4 Å². The Hall–Kier alpha value is -2.77. The van der Waals surface area contributed by atoms with Gasteiger partial charge in [-0.25, -0.2) is 4.68 Å². The van der Waals surface area contributed by atoms with Gasteiger partial charge in [-0.05, 0) is 37.8 Å². The largest absolute Gasteiger partial charge is 0.273 e. The van der Waals surface area contributed by atoms with Crippen LogP contribution in [-0.2, 0) is 5.54 Å². The first-order valence-electron chi connectivity index (χ1n) is 10.6. The van der Waals surface area contributed by atoms with Gasteiger partial charge in [-0.15, -0.1) is 0 Å². The maximum Gasteiger partial charge on any atom is 0.269 e. The number of fused-ring (bicyclic) bond motifs is 4. The molecule has 2 fully saturated rings. The van der Waals surface area contributed by atoms with Crippen molar-refractivity contribution in [1.29, 1.82) is 0 Å². The number of non-ortho nitro benzene ring substituents is 1. The number of nitro benzene ring substituents is 1. The fourth-order valence-electron chi connectivity index (χ4n) is 5.92. The molecular formula is C21H25N5O3. The molecule has 0 radical (unpaired) electrons. The third-order valence-electron chi connectivity index (χ3n) is 7.18. The molecule has 8 nitrogen and oxygen atoms in total. The van der Waals surface area contributed by atoms with E-state index in [1.807, 2.05) is 9.58 Å². The highest BCUT2D eigenvalue weighted by atomic mass is 16.6. The van der Waals surface area contributed by atoms with Crippen LogP contribution >= 0.6 is 0 Å². The summed E-state index contributed by atoms with van der Waals surface area (Å²) in [7, 11) is 0. The number of carbonyl (C=O) groups excluding carboxylic acids is 1. The van der Waals surface area contributed by atoms with Gasteiger partial charge >= 0.3 is 0 Å². The number of hydrogen-bond acceptors (Lipinski definition) is 5. The van der Waals surface area contributed by atoms with Gasteiger partial charge in [-0.1, -0.05) is 32.1 Å². The van der Waals surface area contributed by atoms with Crippen LogP contribution in [0.15, 0.2) is 30.6 Å². The molecule has 1 aromatic carbocycles. The summed E-state index contributed by atoms with van der Waals surface area (Å²) >= 11 is 0. The second kappa shape index (κ2) is 6.93. The van der Waals surface area contributed by atoms with Crippen LogP contribution in [0.1, 0.15) is 68.1 Å². The van der Waals surface area contributed by atoms with Crippen molar-refractivity contribution >= 4 is 17.5 Å². The molecule has 2 aliphatic carbocycles. The Balaban J connectivity index is 1.58. The van der Waals surface area contributed by atoms with Gasteiger partial charge in [-0.2, -0.15) is 10.1 Å². The summed E-state index contributed by atoms with van der Waals surface area (Å²) in [6.07, 6.45) is 11.8. The number of amides is 1. The monoisotopic (exact) mass is 395 g/mol. The molecule has 5 rings (SSSR count). The summed E-state index contributed by atoms with van der Waals surface area (Å²) in [4.78, 5) is 30.4. The highest BCUT2D eigenvalue weighted by Gasteiger charge is 2.54. The molecule has 1 spiro atoms. The van der Waals surface area contributed by atoms with Gasteiger partial charge in [0.15, 0.2) is 0 Å². The maximum absolute atomic E-state index is 13.5. The average Bonchev–Trinajstić information content (AvgIpc) is 3.25. The molecule has 152 valence electrons. The van der Waals surface area contributed by atoms with Crippen LogP contribution in [0.4, 0.5) is 11.6 Å². The molecule has 29 heavy (non-hydrogen) atoms. The smallest absolute Gasteiger partial charge is 0.269 e. The van der Waals surface area contributed by atoms with E-state index < -0.39 is 4.92 Å². The van der Waals surface area contributed by atoms with Gasteiger partial charge in [0.2, 0.25) is 5.95 Å². The number of carbonyl (C=O) groups is 1. The van der Waals surface area contributed by atoms with Crippen molar-refractivity contribution in [3.8, 4) is 0 Å². The second-order valence-electron chi connectivity index (χ2n) is 8.57. The van der Waals surface area contributed by atoms with Crippen molar-refractivity contribution in [3.63, 3.8) is 0 Å². The van der Waals surface area contributed by atoms with Crippen molar-refractivity contribution in [2.45, 2.75) is 69.4 Å². The Labute approximate surface area is 169 Å². The summed E-state index contributed by atoms with van der Waals surface area (Å²) < 4.78 is 2.04. The van der Waals surface area contributed by atoms with Gasteiger partial charge in [0.05, 0.1) is 10.5 Å². The Bertz CT molecular complexity index is 932. The van der Waals surface area contributed by atoms with Gasteiger partial charge in [0, 0.05) is 29.7 Å². The quantitative estimate of drug-likeness (QED) is 0.564. The second-order valence-corrected chi connectivity index (χ2v) is 8.57. The lowest BCUT2D eigenvalue weighted by Gasteiger charge is -2.55. The van der Waals surface area contributed by atoms with Crippen molar-refractivity contribution in [2.24, 2.45) is 5.92 Å². The molecule has 2 atom stereocenters. The Morgan fingerprint density at radius 1 is 1.07 bits per heavy atom. The summed E-state index contributed by atoms with van der Waals surface area (Å²) in [5, 5.41) is 15.6. The predicted molar refractivity (Wildman–Crippen MR) is 107 cm³/mol. The van der Waals surface area contributed by atoms with Crippen LogP contribution in [0, 0.1) is 16.0 Å². The zero-order valence-corrected chi connectivity index (χ0v) is 16.4. The molecule has 0 N–H and O–H groups in total. The van der Waals surface area contributed by atoms with Gasteiger partial charge in [0.1, 0.15) is 6.33 Å². The third kappa shape index (κ3) is 2.76. The fourth-order valence-corrected chi connectivity index (χ4v) is 5.92. The first kappa shape index (κ1) is 18.3. The lowest BCUT2D eigenvalue weighted by molar-refractivity contribution is -0.384. The first-order valence-corrected chi connectivity index (χ1v) is 10.6. The van der Waals surface area contributed by atoms with Gasteiger partial charge < -0.3 is 0 Å². The standard InChI is InChI=1S/C21H25N5O3/c27-19(15-8-10-16(11-9-15)26(28)29)24-18-7-3-2-6-17(18)21(12-4-1-5-13-21)25-20(24)22-14-23-25/h8-11,14,17-18H,1-7,12-13H2/t17-,18+/m1/s1. The molecule has 1 amide bonds. The summed E-state index contributed by atoms with van der Waals surface area (Å²) in [5.41, 5.74) is 0.413. The number of rotatable bonds is 2. The zero-order chi connectivity index (χ0) is 20.0. The molecule has 8 heteroatoms. The predicted octanol–water partition coefficient (Wildman–Crippen LogP) is 4.06. The van der Waals surface area contributed by atoms with Crippen molar-refractivity contribution < 1.29 is 9.72 Å². The van der Waals surface area contributed by atoms with Crippen LogP contribution in [0.3, 0.4) is 0 Å². The number of anilines is 1. The van der Waals surface area contributed by atoms with E-state index in [1.165, 1.54) is 37.8 Å². The normalized spacial score (nSPS) is 25.3. The molecule has 0 saturated heterocycles. The van der Waals surface area contributed by atoms with E-state index in [0.717, 1.165) is 32.1 Å². The molecule has 1 aliphatic heterocycles. The Kier molecular flexibility index (Phi) is 4.37. The molecule has 1 aromatic heterocycles. The highest BCUT2D eigenvalue weighted by Crippen LogP contribution is 2.52. The minimum atomic E-state index is -0.449. The maximum atomic E-state index is 13.5. The van der Waals surface area contributed by atoms with E-state index in [2.05, 4.69) is 10.1 Å². The van der Waals surface area contributed by atoms with E-state index in [4.69, 9.17) is 0 Å². The number of hydrogen-bond donors (Lipinski definition) is 0. The number of aromatic nitrogens is 3. The lowest BCUT2D eigenvalue weighted by atomic mass is 9.64. The van der Waals surface area contributed by atoms with E-state index in [-0.39, 0.29) is 23.2 Å². The zero-order valence-electron chi connectivity index (χ0n) is 16.4. The van der Waals surface area contributed by atoms with E-state index >= 15 is 0 Å². The Morgan fingerprint density at radius 3 is 2.52 bits per heavy atom. The molecule has 0 unspecified atom stereocenters. The van der Waals surface area contributed by atoms with Gasteiger partial charge in [-0.3, -0.25) is 19.8 Å². The third-order valence-corrected chi connectivity index (χ3v) is 7.18. The molecule has 2 saturated carbocycles. The molecular weight excluding hydrogens is 370 g/mol. The molecule has 3 aliphatic rings. The highest BCUT2D eigenvalue weighted by molar-refractivity contribution is 6.06. The van der Waals surface area contributed by atoms with Crippen LogP contribution < -0.4 is 4.90 Å². The van der Waals surface area contributed by atoms with Crippen LogP contribution in [0.2, 0.25) is 0 Å². The van der Waals surface area contributed by atoms with Crippen molar-refractivity contribution in [2.75, 3.05) is 4.90 Å². The fraction of sp³-hybridized carbons (Fsp3) is 0.571. The Morgan fingerprint density at radius 2 is 1.79 bits per heavy atom. The molecule has 0 bridgehead atoms.